The van der Waals surface area contributed by atoms with Crippen LogP contribution >= 0.6 is 0 Å². The third kappa shape index (κ3) is 5.94. The topological polar surface area (TPSA) is 84.9 Å². The van der Waals surface area contributed by atoms with Gasteiger partial charge in [-0.3, -0.25) is 9.10 Å². The Morgan fingerprint density at radius 1 is 1.02 bits per heavy atom. The number of benzene rings is 3. The molecule has 3 aromatic carbocycles. The first-order chi connectivity index (χ1) is 19.5. The monoisotopic (exact) mass is 576 g/mol. The van der Waals surface area contributed by atoms with Gasteiger partial charge in [-0.15, -0.1) is 0 Å². The molecule has 0 saturated carbocycles. The lowest BCUT2D eigenvalue weighted by atomic mass is 9.86. The van der Waals surface area contributed by atoms with Gasteiger partial charge < -0.3 is 14.8 Å². The fraction of sp³-hybridized carbons (Fsp3) is 0.424. The van der Waals surface area contributed by atoms with Crippen molar-refractivity contribution in [3.63, 3.8) is 0 Å². The number of sulfonamides is 1. The molecule has 1 aliphatic carbocycles. The second-order valence-corrected chi connectivity index (χ2v) is 13.8. The van der Waals surface area contributed by atoms with E-state index < -0.39 is 16.1 Å². The van der Waals surface area contributed by atoms with E-state index in [2.05, 4.69) is 44.3 Å². The highest BCUT2D eigenvalue weighted by Gasteiger charge is 2.39. The predicted octanol–water partition coefficient (Wildman–Crippen LogP) is 6.10. The number of hydrogen-bond donors (Lipinski definition) is 1. The zero-order valence-electron chi connectivity index (χ0n) is 24.6. The summed E-state index contributed by atoms with van der Waals surface area (Å²) in [4.78, 5) is 13.8. The van der Waals surface area contributed by atoms with Gasteiger partial charge in [0, 0.05) is 0 Å². The number of nitrogens with zero attached hydrogens (tertiary/aromatic N) is 1. The molecule has 0 radical (unpaired) electrons. The van der Waals surface area contributed by atoms with E-state index in [0.29, 0.717) is 23.6 Å². The third-order valence-corrected chi connectivity index (χ3v) is 9.93. The maximum atomic E-state index is 14.0. The largest absolute Gasteiger partial charge is 0.497 e. The van der Waals surface area contributed by atoms with Gasteiger partial charge in [0.25, 0.3) is 15.9 Å². The van der Waals surface area contributed by atoms with Crippen LogP contribution in [0.4, 0.5) is 5.69 Å². The van der Waals surface area contributed by atoms with Crippen molar-refractivity contribution in [1.82, 2.24) is 5.32 Å². The number of fused-ring (bicyclic) bond motifs is 2. The van der Waals surface area contributed by atoms with E-state index in [0.717, 1.165) is 24.0 Å². The fourth-order valence-corrected chi connectivity index (χ4v) is 7.08. The van der Waals surface area contributed by atoms with Crippen LogP contribution < -0.4 is 19.1 Å². The molecule has 0 fully saturated rings. The van der Waals surface area contributed by atoms with Crippen LogP contribution in [0.3, 0.4) is 0 Å². The van der Waals surface area contributed by atoms with Crippen molar-refractivity contribution in [2.75, 3.05) is 18.0 Å². The van der Waals surface area contributed by atoms with Crippen molar-refractivity contribution in [1.29, 1.82) is 0 Å². The molecule has 0 saturated heterocycles. The number of hydrogen-bond acceptors (Lipinski definition) is 5. The lowest BCUT2D eigenvalue weighted by Gasteiger charge is -2.36. The molecular weight excluding hydrogens is 536 g/mol. The second-order valence-electron chi connectivity index (χ2n) is 12.0. The maximum Gasteiger partial charge on any atom is 0.264 e. The van der Waals surface area contributed by atoms with Crippen molar-refractivity contribution in [3.05, 3.63) is 82.9 Å². The minimum atomic E-state index is -4.01. The van der Waals surface area contributed by atoms with E-state index in [1.807, 2.05) is 19.1 Å². The molecule has 2 unspecified atom stereocenters. The Kier molecular flexibility index (Phi) is 8.06. The van der Waals surface area contributed by atoms with Crippen molar-refractivity contribution >= 4 is 21.6 Å². The summed E-state index contributed by atoms with van der Waals surface area (Å²) in [5, 5.41) is 3.15. The van der Waals surface area contributed by atoms with Crippen LogP contribution in [0.2, 0.25) is 0 Å². The van der Waals surface area contributed by atoms with Gasteiger partial charge in [-0.25, -0.2) is 8.42 Å². The van der Waals surface area contributed by atoms with Crippen LogP contribution in [0.25, 0.3) is 0 Å². The summed E-state index contributed by atoms with van der Waals surface area (Å²) in [5.41, 5.74) is 5.01. The summed E-state index contributed by atoms with van der Waals surface area (Å²) in [6.45, 7) is 8.12. The molecule has 5 rings (SSSR count). The molecular formula is C33H40N2O5S. The van der Waals surface area contributed by atoms with E-state index in [9.17, 15) is 13.2 Å². The number of aryl methyl sites for hydroxylation is 2. The molecule has 8 heteroatoms. The van der Waals surface area contributed by atoms with E-state index in [1.54, 1.807) is 18.2 Å². The van der Waals surface area contributed by atoms with Crippen LogP contribution in [-0.2, 0) is 33.1 Å². The predicted molar refractivity (Wildman–Crippen MR) is 161 cm³/mol. The summed E-state index contributed by atoms with van der Waals surface area (Å²) in [6, 6.07) is 18.1. The average molecular weight is 577 g/mol. The first-order valence-electron chi connectivity index (χ1n) is 14.4. The Morgan fingerprint density at radius 2 is 1.73 bits per heavy atom. The van der Waals surface area contributed by atoms with Gasteiger partial charge >= 0.3 is 0 Å². The number of ether oxygens (including phenoxy) is 2. The molecule has 1 amide bonds. The van der Waals surface area contributed by atoms with Crippen LogP contribution in [0, 0.1) is 0 Å². The second kappa shape index (κ2) is 11.4. The van der Waals surface area contributed by atoms with Gasteiger partial charge in [0.1, 0.15) is 11.5 Å². The maximum absolute atomic E-state index is 14.0. The number of carbonyl (C=O) groups excluding carboxylic acids is 1. The van der Waals surface area contributed by atoms with Gasteiger partial charge in [-0.1, -0.05) is 52.0 Å². The zero-order valence-corrected chi connectivity index (χ0v) is 25.4. The van der Waals surface area contributed by atoms with Gasteiger partial charge in [0.05, 0.1) is 30.3 Å². The Balaban J connectivity index is 1.46. The molecule has 218 valence electrons. The van der Waals surface area contributed by atoms with Crippen LogP contribution in [0.5, 0.6) is 11.5 Å². The van der Waals surface area contributed by atoms with Crippen molar-refractivity contribution in [3.8, 4) is 11.5 Å². The summed E-state index contributed by atoms with van der Waals surface area (Å²) in [7, 11) is -2.47. The molecule has 7 nitrogen and oxygen atoms in total. The normalized spacial score (nSPS) is 17.6. The van der Waals surface area contributed by atoms with E-state index in [4.69, 9.17) is 9.47 Å². The minimum absolute atomic E-state index is 0.118. The van der Waals surface area contributed by atoms with Crippen molar-refractivity contribution < 1.29 is 22.7 Å². The number of anilines is 1. The molecule has 2 atom stereocenters. The summed E-state index contributed by atoms with van der Waals surface area (Å²) in [6.07, 6.45) is 4.26. The third-order valence-electron chi connectivity index (χ3n) is 8.13. The lowest BCUT2D eigenvalue weighted by molar-refractivity contribution is -0.128. The Hall–Kier alpha value is -3.52. The highest BCUT2D eigenvalue weighted by molar-refractivity contribution is 7.92. The first kappa shape index (κ1) is 29.0. The van der Waals surface area contributed by atoms with E-state index in [1.165, 1.54) is 47.5 Å². The molecule has 1 aliphatic heterocycles. The number of rotatable bonds is 7. The van der Waals surface area contributed by atoms with Crippen LogP contribution in [-0.4, -0.2) is 34.1 Å². The fourth-order valence-electron chi connectivity index (χ4n) is 5.61. The summed E-state index contributed by atoms with van der Waals surface area (Å²) >= 11 is 0. The Morgan fingerprint density at radius 3 is 2.39 bits per heavy atom. The molecule has 41 heavy (non-hydrogen) atoms. The first-order valence-corrected chi connectivity index (χ1v) is 15.9. The van der Waals surface area contributed by atoms with Crippen LogP contribution in [0.15, 0.2) is 65.6 Å². The van der Waals surface area contributed by atoms with E-state index in [-0.39, 0.29) is 28.8 Å². The highest BCUT2D eigenvalue weighted by Crippen LogP contribution is 2.40. The average Bonchev–Trinajstić information content (AvgIpc) is 2.98. The molecule has 3 aromatic rings. The van der Waals surface area contributed by atoms with Crippen molar-refractivity contribution in [2.24, 2.45) is 0 Å². The number of nitrogens with one attached hydrogen (secondary N) is 1. The van der Waals surface area contributed by atoms with Gasteiger partial charge in [0.2, 0.25) is 0 Å². The number of methoxy groups -OCH3 is 1. The van der Waals surface area contributed by atoms with Gasteiger partial charge in [-0.05, 0) is 96.2 Å². The van der Waals surface area contributed by atoms with E-state index >= 15 is 0 Å². The Bertz CT molecular complexity index is 1530. The summed E-state index contributed by atoms with van der Waals surface area (Å²) < 4.78 is 40.7. The standard InChI is InChI=1S/C33H40N2O5S/c1-6-28(24-12-11-22-9-7-8-10-23(22)19-24)34-32(36)31-21-35(41(37,38)27-16-14-26(39-5)15-17-27)29-20-25(33(2,3)4)13-18-30(29)40-31/h11-20,28,31H,6-10,21H2,1-5H3,(H,34,36). The SMILES string of the molecule is CCC(NC(=O)C1CN(S(=O)(=O)c2ccc(OC)cc2)c2cc(C(C)(C)C)ccc2O1)c1ccc2c(c1)CCCC2. The minimum Gasteiger partial charge on any atom is -0.497 e. The molecule has 1 heterocycles. The quantitative estimate of drug-likeness (QED) is 0.368. The van der Waals surface area contributed by atoms with Gasteiger partial charge in [0.15, 0.2) is 6.10 Å². The lowest BCUT2D eigenvalue weighted by Crippen LogP contribution is -2.51. The molecule has 0 spiro atoms. The molecule has 2 aliphatic rings. The van der Waals surface area contributed by atoms with Gasteiger partial charge in [-0.2, -0.15) is 0 Å². The number of carbonyl (C=O) groups is 1. The highest BCUT2D eigenvalue weighted by atomic mass is 32.2. The molecule has 0 aromatic heterocycles. The summed E-state index contributed by atoms with van der Waals surface area (Å²) in [5.74, 6) is 0.588. The van der Waals surface area contributed by atoms with Crippen molar-refractivity contribution in [2.45, 2.75) is 82.3 Å². The molecule has 0 bridgehead atoms. The smallest absolute Gasteiger partial charge is 0.264 e. The van der Waals surface area contributed by atoms with Crippen LogP contribution in [0.1, 0.15) is 75.3 Å². The zero-order chi connectivity index (χ0) is 29.4. The Labute approximate surface area is 243 Å². The number of amides is 1. The molecule has 1 N–H and O–H groups in total.